The van der Waals surface area contributed by atoms with Gasteiger partial charge in [-0.3, -0.25) is 9.36 Å². The van der Waals surface area contributed by atoms with E-state index in [1.807, 2.05) is 0 Å². The average molecular weight is 527 g/mol. The lowest BCUT2D eigenvalue weighted by Crippen LogP contribution is -2.42. The lowest BCUT2D eigenvalue weighted by molar-refractivity contribution is -0.140. The van der Waals surface area contributed by atoms with Gasteiger partial charge >= 0.3 is 11.9 Å². The van der Waals surface area contributed by atoms with Crippen molar-refractivity contribution in [3.05, 3.63) is 96.4 Å². The van der Waals surface area contributed by atoms with Crippen LogP contribution in [0.4, 0.5) is 8.78 Å². The lowest BCUT2D eigenvalue weighted by atomic mass is 9.83. The summed E-state index contributed by atoms with van der Waals surface area (Å²) < 4.78 is 41.2. The van der Waals surface area contributed by atoms with Gasteiger partial charge in [-0.05, 0) is 39.0 Å². The number of carbonyl (C=O) groups is 2. The first kappa shape index (κ1) is 26.0. The van der Waals surface area contributed by atoms with E-state index in [0.717, 1.165) is 15.9 Å². The number of nitrogens with two attached hydrogens (primary N) is 1. The molecule has 2 aromatic carbocycles. The van der Waals surface area contributed by atoms with Crippen LogP contribution in [-0.2, 0) is 19.1 Å². The van der Waals surface area contributed by atoms with Crippen LogP contribution >= 0.6 is 11.3 Å². The molecular weight excluding hydrogens is 502 g/mol. The van der Waals surface area contributed by atoms with Gasteiger partial charge in [0.15, 0.2) is 0 Å². The molecule has 0 radical (unpaired) electrons. The second-order valence-corrected chi connectivity index (χ2v) is 9.45. The van der Waals surface area contributed by atoms with E-state index in [-0.39, 0.29) is 43.9 Å². The van der Waals surface area contributed by atoms with Gasteiger partial charge in [0.25, 0.3) is 5.56 Å². The zero-order valence-electron chi connectivity index (χ0n) is 20.3. The molecule has 0 fully saturated rings. The molecule has 2 N–H and O–H groups in total. The van der Waals surface area contributed by atoms with E-state index in [1.165, 1.54) is 42.5 Å². The van der Waals surface area contributed by atoms with E-state index >= 15 is 4.39 Å². The summed E-state index contributed by atoms with van der Waals surface area (Å²) in [5.41, 5.74) is 5.40. The van der Waals surface area contributed by atoms with Crippen molar-refractivity contribution < 1.29 is 27.8 Å². The third-order valence-electron chi connectivity index (χ3n) is 5.61. The molecule has 192 valence electrons. The fourth-order valence-electron chi connectivity index (χ4n) is 4.09. The molecule has 2 heterocycles. The quantitative estimate of drug-likeness (QED) is 0.496. The number of rotatable bonds is 6. The number of hydrogen-bond donors (Lipinski definition) is 1. The molecule has 7 nitrogen and oxygen atoms in total. The van der Waals surface area contributed by atoms with Gasteiger partial charge < -0.3 is 15.2 Å². The van der Waals surface area contributed by atoms with Crippen LogP contribution in [0.3, 0.4) is 0 Å². The molecule has 10 heteroatoms. The molecule has 3 aromatic rings. The summed E-state index contributed by atoms with van der Waals surface area (Å²) in [7, 11) is 0. The van der Waals surface area contributed by atoms with E-state index < -0.39 is 41.2 Å². The maximum absolute atomic E-state index is 15.1. The molecule has 1 atom stereocenters. The molecule has 0 saturated heterocycles. The topological polar surface area (TPSA) is 101 Å². The van der Waals surface area contributed by atoms with Crippen molar-refractivity contribution in [2.24, 2.45) is 5.73 Å². The third-order valence-corrected chi connectivity index (χ3v) is 6.72. The van der Waals surface area contributed by atoms with E-state index in [1.54, 1.807) is 32.9 Å². The molecule has 0 bridgehead atoms. The van der Waals surface area contributed by atoms with Gasteiger partial charge in [0.1, 0.15) is 22.1 Å². The number of thiazole rings is 1. The van der Waals surface area contributed by atoms with Gasteiger partial charge in [-0.15, -0.1) is 11.3 Å². The van der Waals surface area contributed by atoms with Crippen molar-refractivity contribution in [1.29, 1.82) is 0 Å². The number of benzene rings is 2. The van der Waals surface area contributed by atoms with Crippen LogP contribution in [0, 0.1) is 11.6 Å². The summed E-state index contributed by atoms with van der Waals surface area (Å²) in [6.07, 6.45) is 0.772. The van der Waals surface area contributed by atoms with E-state index in [2.05, 4.69) is 0 Å². The Morgan fingerprint density at radius 1 is 1.05 bits per heavy atom. The first-order valence-corrected chi connectivity index (χ1v) is 12.3. The molecule has 1 aliphatic rings. The largest absolute Gasteiger partial charge is 0.463 e. The standard InChI is InChI=1S/C27H24F2N2O5S/c1-4-35-26(33)21-20(16-10-6-8-12-18(16)29)22(27(34)36-14(2)3)25-31(23(21)30)24(32)19(37-25)13-15-9-5-7-11-17(15)28/h5-14,20H,4,30H2,1-3H3/t20-/m1/s1. The summed E-state index contributed by atoms with van der Waals surface area (Å²) in [5, 5.41) is 0. The minimum Gasteiger partial charge on any atom is -0.463 e. The van der Waals surface area contributed by atoms with Crippen LogP contribution < -0.4 is 20.5 Å². The predicted molar refractivity (Wildman–Crippen MR) is 136 cm³/mol. The van der Waals surface area contributed by atoms with Crippen LogP contribution in [-0.4, -0.2) is 29.2 Å². The highest BCUT2D eigenvalue weighted by Crippen LogP contribution is 2.39. The minimum atomic E-state index is -1.31. The zero-order valence-corrected chi connectivity index (χ0v) is 21.1. The van der Waals surface area contributed by atoms with Crippen molar-refractivity contribution in [2.75, 3.05) is 6.61 Å². The van der Waals surface area contributed by atoms with Gasteiger partial charge in [-0.1, -0.05) is 36.4 Å². The Hall–Kier alpha value is -4.05. The minimum absolute atomic E-state index is 0.0176. The van der Waals surface area contributed by atoms with E-state index in [9.17, 15) is 18.8 Å². The zero-order chi connectivity index (χ0) is 26.9. The van der Waals surface area contributed by atoms with Crippen LogP contribution in [0.15, 0.2) is 58.9 Å². The maximum Gasteiger partial charge on any atom is 0.338 e. The maximum atomic E-state index is 15.1. The van der Waals surface area contributed by atoms with Gasteiger partial charge in [-0.25, -0.2) is 18.4 Å². The van der Waals surface area contributed by atoms with Gasteiger partial charge in [0.2, 0.25) is 0 Å². The number of esters is 2. The fourth-order valence-corrected chi connectivity index (χ4v) is 5.24. The van der Waals surface area contributed by atoms with E-state index in [0.29, 0.717) is 0 Å². The lowest BCUT2D eigenvalue weighted by Gasteiger charge is -2.27. The smallest absolute Gasteiger partial charge is 0.338 e. The van der Waals surface area contributed by atoms with Crippen LogP contribution in [0.2, 0.25) is 0 Å². The number of carbonyl (C=O) groups excluding carboxylic acids is 2. The Bertz CT molecular complexity index is 1600. The molecule has 1 aromatic heterocycles. The second-order valence-electron chi connectivity index (χ2n) is 8.42. The highest BCUT2D eigenvalue weighted by molar-refractivity contribution is 7.07. The van der Waals surface area contributed by atoms with E-state index in [4.69, 9.17) is 15.2 Å². The molecule has 37 heavy (non-hydrogen) atoms. The summed E-state index contributed by atoms with van der Waals surface area (Å²) in [6.45, 7) is 4.82. The summed E-state index contributed by atoms with van der Waals surface area (Å²) in [5.74, 6) is -4.64. The molecule has 0 saturated carbocycles. The van der Waals surface area contributed by atoms with Gasteiger partial charge in [0, 0.05) is 11.1 Å². The summed E-state index contributed by atoms with van der Waals surface area (Å²) in [6, 6.07) is 11.5. The number of aromatic nitrogens is 1. The van der Waals surface area contributed by atoms with Gasteiger partial charge in [0.05, 0.1) is 34.3 Å². The molecule has 0 unspecified atom stereocenters. The number of nitrogens with zero attached hydrogens (tertiary/aromatic N) is 1. The van der Waals surface area contributed by atoms with Crippen molar-refractivity contribution in [3.8, 4) is 0 Å². The molecule has 1 aliphatic heterocycles. The third kappa shape index (κ3) is 4.84. The second kappa shape index (κ2) is 10.5. The molecular formula is C27H24F2N2O5S. The van der Waals surface area contributed by atoms with Crippen molar-refractivity contribution >= 4 is 40.7 Å². The van der Waals surface area contributed by atoms with Crippen LogP contribution in [0.5, 0.6) is 0 Å². The fraction of sp³-hybridized carbons (Fsp3) is 0.222. The number of hydrogen-bond acceptors (Lipinski definition) is 7. The average Bonchev–Trinajstić information content (AvgIpc) is 3.16. The number of halogens is 2. The summed E-state index contributed by atoms with van der Waals surface area (Å²) >= 11 is 0.866. The van der Waals surface area contributed by atoms with Crippen molar-refractivity contribution in [2.45, 2.75) is 32.8 Å². The monoisotopic (exact) mass is 526 g/mol. The number of fused-ring (bicyclic) bond motifs is 1. The first-order chi connectivity index (χ1) is 17.6. The highest BCUT2D eigenvalue weighted by atomic mass is 32.1. The first-order valence-electron chi connectivity index (χ1n) is 11.5. The van der Waals surface area contributed by atoms with Gasteiger partial charge in [-0.2, -0.15) is 0 Å². The Morgan fingerprint density at radius 2 is 1.70 bits per heavy atom. The Kier molecular flexibility index (Phi) is 7.40. The van der Waals surface area contributed by atoms with Crippen LogP contribution in [0.1, 0.15) is 37.8 Å². The van der Waals surface area contributed by atoms with Crippen molar-refractivity contribution in [1.82, 2.24) is 4.57 Å². The molecule has 0 spiro atoms. The summed E-state index contributed by atoms with van der Waals surface area (Å²) in [4.78, 5) is 40.1. The Morgan fingerprint density at radius 3 is 2.32 bits per heavy atom. The van der Waals surface area contributed by atoms with Crippen molar-refractivity contribution in [3.63, 3.8) is 0 Å². The Balaban J connectivity index is 2.15. The Labute approximate surface area is 214 Å². The predicted octanol–water partition coefficient (Wildman–Crippen LogP) is 2.61. The normalized spacial score (nSPS) is 15.7. The molecule has 4 rings (SSSR count). The van der Waals surface area contributed by atoms with Crippen LogP contribution in [0.25, 0.3) is 17.5 Å². The SMILES string of the molecule is CCOC(=O)C1=C(N)n2c(sc(=Cc3ccccc3F)c2=O)=C(C(=O)OC(C)C)[C@@H]1c1ccccc1F. The number of ether oxygens (including phenoxy) is 2. The molecule has 0 amide bonds. The highest BCUT2D eigenvalue weighted by Gasteiger charge is 2.41. The molecule has 0 aliphatic carbocycles.